The van der Waals surface area contributed by atoms with Gasteiger partial charge in [0.15, 0.2) is 0 Å². The van der Waals surface area contributed by atoms with Gasteiger partial charge in [-0.1, -0.05) is 32.0 Å². The second-order valence-corrected chi connectivity index (χ2v) is 7.01. The SMILES string of the molecule is CCN(CC)[C@@H](CNC(=O)NCCc1cccs1)c1cccc(OC)c1. The van der Waals surface area contributed by atoms with Crippen LogP contribution in [0.25, 0.3) is 0 Å². The molecule has 2 N–H and O–H groups in total. The minimum Gasteiger partial charge on any atom is -0.497 e. The Morgan fingerprint density at radius 3 is 2.65 bits per heavy atom. The largest absolute Gasteiger partial charge is 0.497 e. The van der Waals surface area contributed by atoms with Gasteiger partial charge in [0.05, 0.1) is 13.2 Å². The van der Waals surface area contributed by atoms with Crippen LogP contribution in [0.4, 0.5) is 4.79 Å². The number of hydrogen-bond donors (Lipinski definition) is 2. The van der Waals surface area contributed by atoms with Gasteiger partial charge in [-0.15, -0.1) is 11.3 Å². The van der Waals surface area contributed by atoms with E-state index in [0.29, 0.717) is 13.1 Å². The highest BCUT2D eigenvalue weighted by atomic mass is 32.1. The molecule has 0 fully saturated rings. The van der Waals surface area contributed by atoms with Crippen molar-refractivity contribution in [3.63, 3.8) is 0 Å². The molecule has 0 bridgehead atoms. The van der Waals surface area contributed by atoms with Gasteiger partial charge in [-0.05, 0) is 48.7 Å². The number of benzene rings is 1. The highest BCUT2D eigenvalue weighted by molar-refractivity contribution is 7.09. The number of thiophene rings is 1. The van der Waals surface area contributed by atoms with Crippen LogP contribution < -0.4 is 15.4 Å². The minimum absolute atomic E-state index is 0.114. The summed E-state index contributed by atoms with van der Waals surface area (Å²) in [6.45, 7) is 7.30. The molecule has 26 heavy (non-hydrogen) atoms. The maximum absolute atomic E-state index is 12.2. The molecular formula is C20H29N3O2S. The summed E-state index contributed by atoms with van der Waals surface area (Å²) in [7, 11) is 1.67. The number of hydrogen-bond acceptors (Lipinski definition) is 4. The summed E-state index contributed by atoms with van der Waals surface area (Å²) >= 11 is 1.71. The number of nitrogens with zero attached hydrogens (tertiary/aromatic N) is 1. The average molecular weight is 376 g/mol. The number of likely N-dealkylation sites (N-methyl/N-ethyl adjacent to an activating group) is 1. The summed E-state index contributed by atoms with van der Waals surface area (Å²) in [4.78, 5) is 15.8. The first kappa shape index (κ1) is 20.3. The highest BCUT2D eigenvalue weighted by Gasteiger charge is 2.19. The van der Waals surface area contributed by atoms with Gasteiger partial charge in [0.25, 0.3) is 0 Å². The molecular weight excluding hydrogens is 346 g/mol. The Kier molecular flexibility index (Phi) is 8.44. The molecule has 0 aliphatic rings. The number of amides is 2. The molecule has 0 unspecified atom stereocenters. The number of carbonyl (C=O) groups excluding carboxylic acids is 1. The standard InChI is InChI=1S/C20H29N3O2S/c1-4-23(5-2)19(16-8-6-9-17(14-16)25-3)15-22-20(24)21-12-11-18-10-7-13-26-18/h6-10,13-14,19H,4-5,11-12,15H2,1-3H3,(H2,21,22,24)/t19-/m0/s1. The van der Waals surface area contributed by atoms with Crippen LogP contribution in [0.1, 0.15) is 30.3 Å². The summed E-state index contributed by atoms with van der Waals surface area (Å²) < 4.78 is 5.35. The predicted molar refractivity (Wildman–Crippen MR) is 108 cm³/mol. The fraction of sp³-hybridized carbons (Fsp3) is 0.450. The van der Waals surface area contributed by atoms with Crippen LogP contribution in [0.2, 0.25) is 0 Å². The van der Waals surface area contributed by atoms with Crippen LogP contribution in [0.5, 0.6) is 5.75 Å². The van der Waals surface area contributed by atoms with Crippen molar-refractivity contribution in [1.82, 2.24) is 15.5 Å². The Balaban J connectivity index is 1.92. The topological polar surface area (TPSA) is 53.6 Å². The van der Waals surface area contributed by atoms with Gasteiger partial charge in [0.2, 0.25) is 0 Å². The first-order valence-corrected chi connectivity index (χ1v) is 9.98. The Labute approximate surface area is 160 Å². The third-order valence-corrected chi connectivity index (χ3v) is 5.36. The highest BCUT2D eigenvalue weighted by Crippen LogP contribution is 2.23. The molecule has 2 amide bonds. The lowest BCUT2D eigenvalue weighted by molar-refractivity contribution is 0.206. The van der Waals surface area contributed by atoms with Crippen LogP contribution in [0, 0.1) is 0 Å². The molecule has 0 saturated carbocycles. The van der Waals surface area contributed by atoms with E-state index < -0.39 is 0 Å². The van der Waals surface area contributed by atoms with Crippen molar-refractivity contribution >= 4 is 17.4 Å². The molecule has 1 heterocycles. The smallest absolute Gasteiger partial charge is 0.314 e. The summed E-state index contributed by atoms with van der Waals surface area (Å²) in [6, 6.07) is 12.2. The first-order chi connectivity index (χ1) is 12.7. The zero-order valence-corrected chi connectivity index (χ0v) is 16.6. The molecule has 1 aromatic heterocycles. The van der Waals surface area contributed by atoms with Gasteiger partial charge in [-0.2, -0.15) is 0 Å². The van der Waals surface area contributed by atoms with Crippen molar-refractivity contribution in [2.45, 2.75) is 26.3 Å². The van der Waals surface area contributed by atoms with E-state index >= 15 is 0 Å². The molecule has 0 radical (unpaired) electrons. The van der Waals surface area contributed by atoms with Gasteiger partial charge in [-0.25, -0.2) is 4.79 Å². The van der Waals surface area contributed by atoms with Crippen molar-refractivity contribution in [3.8, 4) is 5.75 Å². The molecule has 2 rings (SSSR count). The van der Waals surface area contributed by atoms with Crippen molar-refractivity contribution in [3.05, 3.63) is 52.2 Å². The lowest BCUT2D eigenvalue weighted by atomic mass is 10.0. The van der Waals surface area contributed by atoms with Crippen LogP contribution in [-0.2, 0) is 6.42 Å². The molecule has 142 valence electrons. The first-order valence-electron chi connectivity index (χ1n) is 9.10. The molecule has 0 spiro atoms. The summed E-state index contributed by atoms with van der Waals surface area (Å²) in [5, 5.41) is 8.01. The molecule has 6 heteroatoms. The normalized spacial score (nSPS) is 12.0. The van der Waals surface area contributed by atoms with Gasteiger partial charge in [0, 0.05) is 18.0 Å². The number of ether oxygens (including phenoxy) is 1. The zero-order valence-electron chi connectivity index (χ0n) is 15.8. The molecule has 1 atom stereocenters. The van der Waals surface area contributed by atoms with E-state index in [1.807, 2.05) is 24.3 Å². The van der Waals surface area contributed by atoms with Crippen LogP contribution in [-0.4, -0.2) is 44.2 Å². The van der Waals surface area contributed by atoms with E-state index in [1.54, 1.807) is 18.4 Å². The van der Waals surface area contributed by atoms with Gasteiger partial charge in [-0.3, -0.25) is 4.90 Å². The third kappa shape index (κ3) is 6.04. The second-order valence-electron chi connectivity index (χ2n) is 5.98. The molecule has 0 aliphatic carbocycles. The number of urea groups is 1. The quantitative estimate of drug-likeness (QED) is 0.666. The van der Waals surface area contributed by atoms with Crippen molar-refractivity contribution in [1.29, 1.82) is 0 Å². The van der Waals surface area contributed by atoms with E-state index in [0.717, 1.165) is 30.8 Å². The molecule has 1 aromatic carbocycles. The average Bonchev–Trinajstić information content (AvgIpc) is 3.18. The monoisotopic (exact) mass is 375 g/mol. The lowest BCUT2D eigenvalue weighted by Gasteiger charge is -2.30. The number of carbonyl (C=O) groups is 1. The fourth-order valence-electron chi connectivity index (χ4n) is 2.98. The Morgan fingerprint density at radius 2 is 2.00 bits per heavy atom. The van der Waals surface area contributed by atoms with Gasteiger partial charge < -0.3 is 15.4 Å². The van der Waals surface area contributed by atoms with E-state index in [9.17, 15) is 4.79 Å². The van der Waals surface area contributed by atoms with E-state index in [4.69, 9.17) is 4.74 Å². The van der Waals surface area contributed by atoms with E-state index in [2.05, 4.69) is 46.9 Å². The Morgan fingerprint density at radius 1 is 1.19 bits per heavy atom. The van der Waals surface area contributed by atoms with Gasteiger partial charge >= 0.3 is 6.03 Å². The Hall–Kier alpha value is -2.05. The molecule has 2 aromatic rings. The van der Waals surface area contributed by atoms with Crippen LogP contribution in [0.15, 0.2) is 41.8 Å². The Bertz CT molecular complexity index is 657. The number of methoxy groups -OCH3 is 1. The van der Waals surface area contributed by atoms with Crippen molar-refractivity contribution in [2.75, 3.05) is 33.3 Å². The number of nitrogens with one attached hydrogen (secondary N) is 2. The zero-order chi connectivity index (χ0) is 18.8. The third-order valence-electron chi connectivity index (χ3n) is 4.42. The van der Waals surface area contributed by atoms with Crippen LogP contribution >= 0.6 is 11.3 Å². The fourth-order valence-corrected chi connectivity index (χ4v) is 3.69. The molecule has 0 saturated heterocycles. The maximum atomic E-state index is 12.2. The van der Waals surface area contributed by atoms with Crippen molar-refractivity contribution in [2.24, 2.45) is 0 Å². The summed E-state index contributed by atoms with van der Waals surface area (Å²) in [6.07, 6.45) is 0.862. The summed E-state index contributed by atoms with van der Waals surface area (Å²) in [5.41, 5.74) is 1.15. The lowest BCUT2D eigenvalue weighted by Crippen LogP contribution is -2.42. The second kappa shape index (κ2) is 10.8. The van der Waals surface area contributed by atoms with E-state index in [1.165, 1.54) is 4.88 Å². The molecule has 0 aliphatic heterocycles. The molecule has 5 nitrogen and oxygen atoms in total. The van der Waals surface area contributed by atoms with Gasteiger partial charge in [0.1, 0.15) is 5.75 Å². The summed E-state index contributed by atoms with van der Waals surface area (Å²) in [5.74, 6) is 0.833. The van der Waals surface area contributed by atoms with E-state index in [-0.39, 0.29) is 12.1 Å². The van der Waals surface area contributed by atoms with Crippen LogP contribution in [0.3, 0.4) is 0 Å². The van der Waals surface area contributed by atoms with Crippen molar-refractivity contribution < 1.29 is 9.53 Å². The maximum Gasteiger partial charge on any atom is 0.314 e. The predicted octanol–water partition coefficient (Wildman–Crippen LogP) is 3.68. The minimum atomic E-state index is -0.124. The number of rotatable bonds is 10.